The van der Waals surface area contributed by atoms with Crippen molar-refractivity contribution in [2.45, 2.75) is 12.8 Å². The molecule has 9 heteroatoms. The van der Waals surface area contributed by atoms with Crippen LogP contribution in [0.2, 0.25) is 0 Å². The number of rotatable bonds is 8. The Labute approximate surface area is 218 Å². The summed E-state index contributed by atoms with van der Waals surface area (Å²) in [6, 6.07) is 27.6. The minimum absolute atomic E-state index is 0.223. The van der Waals surface area contributed by atoms with Gasteiger partial charge in [0.1, 0.15) is 22.2 Å². The Balaban J connectivity index is 1.56. The maximum Gasteiger partial charge on any atom is 0.433 e. The second-order valence-electron chi connectivity index (χ2n) is 8.32. The van der Waals surface area contributed by atoms with Crippen molar-refractivity contribution in [2.75, 3.05) is 6.61 Å². The summed E-state index contributed by atoms with van der Waals surface area (Å²) in [7, 11) is 0. The lowest BCUT2D eigenvalue weighted by molar-refractivity contribution is -0.402. The van der Waals surface area contributed by atoms with Gasteiger partial charge in [-0.3, -0.25) is 14.9 Å². The maximum absolute atomic E-state index is 12.5. The standard InChI is InChI=1S/C29H23N3O6/c1-2-36-21-14-12-20(13-15-21)28-23(18-30-31-29(33)25-16-17-26(37-25)32(34)35)27(19-8-4-3-5-9-19)22-10-6-7-11-24(22)38-28/h3-18,27H,2H2,1H3,(H,31,33)/b30-18+. The molecule has 5 rings (SSSR count). The largest absolute Gasteiger partial charge is 0.494 e. The second-order valence-corrected chi connectivity index (χ2v) is 8.32. The van der Waals surface area contributed by atoms with Crippen molar-refractivity contribution in [3.63, 3.8) is 0 Å². The Morgan fingerprint density at radius 1 is 1.03 bits per heavy atom. The summed E-state index contributed by atoms with van der Waals surface area (Å²) in [4.78, 5) is 22.7. The highest BCUT2D eigenvalue weighted by Crippen LogP contribution is 2.45. The third-order valence-electron chi connectivity index (χ3n) is 5.94. The van der Waals surface area contributed by atoms with Crippen molar-refractivity contribution in [1.29, 1.82) is 0 Å². The molecule has 0 aliphatic carbocycles. The number of carbonyl (C=O) groups excluding carboxylic acids is 1. The summed E-state index contributed by atoms with van der Waals surface area (Å²) in [6.07, 6.45) is 1.54. The molecule has 1 atom stereocenters. The number of allylic oxidation sites excluding steroid dienone is 1. The second kappa shape index (κ2) is 10.8. The highest BCUT2D eigenvalue weighted by atomic mass is 16.6. The first-order valence-corrected chi connectivity index (χ1v) is 11.9. The van der Waals surface area contributed by atoms with E-state index < -0.39 is 16.7 Å². The normalized spacial score (nSPS) is 14.6. The van der Waals surface area contributed by atoms with Crippen LogP contribution in [0.5, 0.6) is 11.5 Å². The van der Waals surface area contributed by atoms with Crippen molar-refractivity contribution >= 4 is 23.8 Å². The van der Waals surface area contributed by atoms with Crippen molar-refractivity contribution in [1.82, 2.24) is 5.43 Å². The molecule has 4 aromatic rings. The highest BCUT2D eigenvalue weighted by Gasteiger charge is 2.31. The number of hydrogen-bond donors (Lipinski definition) is 1. The Kier molecular flexibility index (Phi) is 6.99. The lowest BCUT2D eigenvalue weighted by Crippen LogP contribution is -2.20. The van der Waals surface area contributed by atoms with E-state index in [2.05, 4.69) is 10.5 Å². The van der Waals surface area contributed by atoms with Gasteiger partial charge >= 0.3 is 11.8 Å². The van der Waals surface area contributed by atoms with Crippen LogP contribution in [0.25, 0.3) is 5.76 Å². The zero-order valence-electron chi connectivity index (χ0n) is 20.4. The van der Waals surface area contributed by atoms with Crippen LogP contribution in [0.15, 0.2) is 106 Å². The van der Waals surface area contributed by atoms with Crippen LogP contribution in [0, 0.1) is 10.1 Å². The molecule has 0 radical (unpaired) electrons. The lowest BCUT2D eigenvalue weighted by atomic mass is 9.81. The van der Waals surface area contributed by atoms with Crippen LogP contribution in [-0.2, 0) is 0 Å². The molecule has 1 N–H and O–H groups in total. The van der Waals surface area contributed by atoms with E-state index in [1.165, 1.54) is 12.3 Å². The minimum Gasteiger partial charge on any atom is -0.494 e. The van der Waals surface area contributed by atoms with Crippen LogP contribution in [0.3, 0.4) is 0 Å². The summed E-state index contributed by atoms with van der Waals surface area (Å²) >= 11 is 0. The summed E-state index contributed by atoms with van der Waals surface area (Å²) < 4.78 is 17.0. The summed E-state index contributed by atoms with van der Waals surface area (Å²) in [6.45, 7) is 2.48. The van der Waals surface area contributed by atoms with E-state index in [9.17, 15) is 14.9 Å². The van der Waals surface area contributed by atoms with Gasteiger partial charge in [0, 0.05) is 22.6 Å². The smallest absolute Gasteiger partial charge is 0.433 e. The van der Waals surface area contributed by atoms with Gasteiger partial charge in [-0.25, -0.2) is 5.43 Å². The molecule has 1 amide bonds. The number of ether oxygens (including phenoxy) is 2. The minimum atomic E-state index is -0.717. The van der Waals surface area contributed by atoms with Crippen molar-refractivity contribution in [2.24, 2.45) is 5.10 Å². The third-order valence-corrected chi connectivity index (χ3v) is 5.94. The maximum atomic E-state index is 12.5. The molecule has 0 bridgehead atoms. The zero-order chi connectivity index (χ0) is 26.5. The van der Waals surface area contributed by atoms with Gasteiger partial charge in [-0.2, -0.15) is 5.10 Å². The number of carbonyl (C=O) groups is 1. The molecule has 1 aliphatic rings. The fourth-order valence-corrected chi connectivity index (χ4v) is 4.28. The predicted octanol–water partition coefficient (Wildman–Crippen LogP) is 5.94. The quantitative estimate of drug-likeness (QED) is 0.179. The average Bonchev–Trinajstić information content (AvgIpc) is 3.45. The first kappa shape index (κ1) is 24.5. The number of para-hydroxylation sites is 1. The number of fused-ring (bicyclic) bond motifs is 1. The average molecular weight is 510 g/mol. The molecule has 0 saturated carbocycles. The predicted molar refractivity (Wildman–Crippen MR) is 141 cm³/mol. The molecule has 190 valence electrons. The number of nitro groups is 1. The number of nitrogens with one attached hydrogen (secondary N) is 1. The van der Waals surface area contributed by atoms with E-state index in [1.54, 1.807) is 0 Å². The van der Waals surface area contributed by atoms with Gasteiger partial charge in [-0.15, -0.1) is 0 Å². The SMILES string of the molecule is CCOc1ccc(C2=C(/C=N/NC(=O)c3ccc([N+](=O)[O-])o3)C(c3ccccc3)c3ccccc3O2)cc1. The summed E-state index contributed by atoms with van der Waals surface area (Å²) in [5.41, 5.74) is 5.88. The third kappa shape index (κ3) is 5.03. The molecule has 9 nitrogen and oxygen atoms in total. The van der Waals surface area contributed by atoms with Gasteiger partial charge < -0.3 is 13.9 Å². The molecule has 0 saturated heterocycles. The van der Waals surface area contributed by atoms with Crippen LogP contribution >= 0.6 is 0 Å². The molecule has 38 heavy (non-hydrogen) atoms. The Bertz CT molecular complexity index is 1520. The van der Waals surface area contributed by atoms with E-state index in [4.69, 9.17) is 13.9 Å². The van der Waals surface area contributed by atoms with Crippen LogP contribution in [-0.4, -0.2) is 23.7 Å². The van der Waals surface area contributed by atoms with E-state index in [0.717, 1.165) is 28.5 Å². The molecule has 1 unspecified atom stereocenters. The molecular formula is C29H23N3O6. The fraction of sp³-hybridized carbons (Fsp3) is 0.103. The number of furan rings is 1. The van der Waals surface area contributed by atoms with Gasteiger partial charge in [0.15, 0.2) is 0 Å². The van der Waals surface area contributed by atoms with Gasteiger partial charge in [0.2, 0.25) is 5.76 Å². The highest BCUT2D eigenvalue weighted by molar-refractivity contribution is 5.96. The number of nitrogens with zero attached hydrogens (tertiary/aromatic N) is 2. The Hall–Kier alpha value is -5.18. The monoisotopic (exact) mass is 509 g/mol. The van der Waals surface area contributed by atoms with E-state index >= 15 is 0 Å². The summed E-state index contributed by atoms with van der Waals surface area (Å²) in [5, 5.41) is 15.1. The number of hydrazone groups is 1. The number of hydrogen-bond acceptors (Lipinski definition) is 7. The fourth-order valence-electron chi connectivity index (χ4n) is 4.28. The van der Waals surface area contributed by atoms with Crippen LogP contribution in [0.4, 0.5) is 5.88 Å². The van der Waals surface area contributed by atoms with E-state index in [1.807, 2.05) is 85.8 Å². The first-order valence-electron chi connectivity index (χ1n) is 11.9. The Morgan fingerprint density at radius 2 is 1.76 bits per heavy atom. The molecular weight excluding hydrogens is 486 g/mol. The molecule has 0 fully saturated rings. The van der Waals surface area contributed by atoms with E-state index in [0.29, 0.717) is 23.7 Å². The van der Waals surface area contributed by atoms with Gasteiger partial charge in [0.25, 0.3) is 0 Å². The van der Waals surface area contributed by atoms with Crippen molar-refractivity contribution in [3.05, 3.63) is 129 Å². The van der Waals surface area contributed by atoms with E-state index in [-0.39, 0.29) is 11.7 Å². The molecule has 1 aliphatic heterocycles. The Morgan fingerprint density at radius 3 is 2.47 bits per heavy atom. The number of benzene rings is 3. The van der Waals surface area contributed by atoms with Crippen molar-refractivity contribution < 1.29 is 23.6 Å². The summed E-state index contributed by atoms with van der Waals surface area (Å²) in [5.74, 6) is 0.323. The lowest BCUT2D eigenvalue weighted by Gasteiger charge is -2.30. The van der Waals surface area contributed by atoms with Crippen LogP contribution in [0.1, 0.15) is 40.1 Å². The molecule has 3 aromatic carbocycles. The topological polar surface area (TPSA) is 116 Å². The van der Waals surface area contributed by atoms with Crippen LogP contribution < -0.4 is 14.9 Å². The molecule has 2 heterocycles. The molecule has 0 spiro atoms. The zero-order valence-corrected chi connectivity index (χ0v) is 20.4. The van der Waals surface area contributed by atoms with Gasteiger partial charge in [-0.05, 0) is 48.9 Å². The molecule has 1 aromatic heterocycles. The van der Waals surface area contributed by atoms with Crippen molar-refractivity contribution in [3.8, 4) is 11.5 Å². The first-order chi connectivity index (χ1) is 18.5. The number of amides is 1. The van der Waals surface area contributed by atoms with Gasteiger partial charge in [0.05, 0.1) is 18.9 Å². The van der Waals surface area contributed by atoms with Gasteiger partial charge in [-0.1, -0.05) is 48.5 Å².